The van der Waals surface area contributed by atoms with Crippen LogP contribution < -0.4 is 5.73 Å². The Bertz CT molecular complexity index is 485. The molecule has 0 radical (unpaired) electrons. The number of nitrogens with two attached hydrogens (primary N) is 1. The summed E-state index contributed by atoms with van der Waals surface area (Å²) < 4.78 is 0. The average molecular weight is 318 g/mol. The lowest BCUT2D eigenvalue weighted by Crippen LogP contribution is -2.48. The van der Waals surface area contributed by atoms with Crippen LogP contribution in [0.3, 0.4) is 0 Å². The van der Waals surface area contributed by atoms with Gasteiger partial charge in [-0.05, 0) is 24.3 Å². The van der Waals surface area contributed by atoms with Crippen molar-refractivity contribution in [3.05, 3.63) is 35.9 Å². The molecule has 1 rings (SSSR count). The molecule has 0 aromatic heterocycles. The van der Waals surface area contributed by atoms with Crippen LogP contribution in [-0.4, -0.2) is 22.8 Å². The molecule has 0 aliphatic heterocycles. The second-order valence-electron chi connectivity index (χ2n) is 6.51. The lowest BCUT2D eigenvalue weighted by Gasteiger charge is -2.31. The van der Waals surface area contributed by atoms with E-state index in [4.69, 9.17) is 5.73 Å². The molecule has 2 N–H and O–H groups in total. The maximum atomic E-state index is 12.7. The van der Waals surface area contributed by atoms with Crippen molar-refractivity contribution in [2.75, 3.05) is 0 Å². The van der Waals surface area contributed by atoms with Crippen molar-refractivity contribution in [2.45, 2.75) is 65.5 Å². The third-order valence-corrected chi connectivity index (χ3v) is 3.91. The minimum Gasteiger partial charge on any atom is -0.368 e. The minimum atomic E-state index is -0.538. The summed E-state index contributed by atoms with van der Waals surface area (Å²) in [6.07, 6.45) is 4.02. The molecule has 0 fully saturated rings. The molecular weight excluding hydrogens is 288 g/mol. The fourth-order valence-corrected chi connectivity index (χ4v) is 2.67. The minimum absolute atomic E-state index is 0.0201. The van der Waals surface area contributed by atoms with Gasteiger partial charge in [0.25, 0.3) is 0 Å². The van der Waals surface area contributed by atoms with Crippen molar-refractivity contribution in [1.29, 1.82) is 0 Å². The van der Waals surface area contributed by atoms with Gasteiger partial charge in [-0.15, -0.1) is 0 Å². The molecule has 0 unspecified atom stereocenters. The highest BCUT2D eigenvalue weighted by Crippen LogP contribution is 2.17. The Morgan fingerprint density at radius 3 is 2.30 bits per heavy atom. The monoisotopic (exact) mass is 318 g/mol. The zero-order valence-electron chi connectivity index (χ0n) is 14.6. The molecule has 1 atom stereocenters. The maximum Gasteiger partial charge on any atom is 0.240 e. The van der Waals surface area contributed by atoms with Crippen molar-refractivity contribution in [1.82, 2.24) is 4.90 Å². The predicted octanol–water partition coefficient (Wildman–Crippen LogP) is 3.50. The van der Waals surface area contributed by atoms with Crippen molar-refractivity contribution < 1.29 is 9.59 Å². The molecule has 4 nitrogen and oxygen atoms in total. The Morgan fingerprint density at radius 1 is 1.13 bits per heavy atom. The number of hydrogen-bond acceptors (Lipinski definition) is 2. The molecule has 0 bridgehead atoms. The van der Waals surface area contributed by atoms with Crippen LogP contribution in [-0.2, 0) is 16.1 Å². The molecule has 23 heavy (non-hydrogen) atoms. The second-order valence-corrected chi connectivity index (χ2v) is 6.51. The summed E-state index contributed by atoms with van der Waals surface area (Å²) in [4.78, 5) is 26.3. The number of amides is 2. The van der Waals surface area contributed by atoms with E-state index in [0.29, 0.717) is 25.3 Å². The van der Waals surface area contributed by atoms with Crippen molar-refractivity contribution in [3.63, 3.8) is 0 Å². The number of rotatable bonds is 10. The van der Waals surface area contributed by atoms with Crippen LogP contribution in [0.2, 0.25) is 0 Å². The Morgan fingerprint density at radius 2 is 1.78 bits per heavy atom. The lowest BCUT2D eigenvalue weighted by atomic mass is 10.00. The van der Waals surface area contributed by atoms with E-state index in [-0.39, 0.29) is 5.91 Å². The molecule has 0 aliphatic carbocycles. The zero-order chi connectivity index (χ0) is 17.2. The van der Waals surface area contributed by atoms with Crippen LogP contribution in [0.1, 0.15) is 58.4 Å². The number of primary amides is 1. The summed E-state index contributed by atoms with van der Waals surface area (Å²) in [6.45, 7) is 6.62. The van der Waals surface area contributed by atoms with E-state index >= 15 is 0 Å². The highest BCUT2D eigenvalue weighted by Gasteiger charge is 2.28. The number of unbranched alkanes of at least 4 members (excludes halogenated alkanes) is 2. The summed E-state index contributed by atoms with van der Waals surface area (Å²) in [7, 11) is 0. The van der Waals surface area contributed by atoms with Crippen molar-refractivity contribution in [3.8, 4) is 0 Å². The van der Waals surface area contributed by atoms with Gasteiger partial charge in [0.1, 0.15) is 6.04 Å². The molecule has 128 valence electrons. The third-order valence-electron chi connectivity index (χ3n) is 3.91. The largest absolute Gasteiger partial charge is 0.368 e. The van der Waals surface area contributed by atoms with Crippen molar-refractivity contribution >= 4 is 11.8 Å². The van der Waals surface area contributed by atoms with Crippen molar-refractivity contribution in [2.24, 2.45) is 11.7 Å². The SMILES string of the molecule is CCCCCC(=O)N(Cc1ccccc1)[C@@H](CC(C)C)C(N)=O. The summed E-state index contributed by atoms with van der Waals surface area (Å²) in [5, 5.41) is 0. The standard InChI is InChI=1S/C19H30N2O2/c1-4-5-7-12-18(22)21(14-16-10-8-6-9-11-16)17(19(20)23)13-15(2)3/h6,8-11,15,17H,4-5,7,12-14H2,1-3H3,(H2,20,23)/t17-/m0/s1. The van der Waals surface area contributed by atoms with Gasteiger partial charge >= 0.3 is 0 Å². The van der Waals surface area contributed by atoms with Crippen LogP contribution in [0, 0.1) is 5.92 Å². The maximum absolute atomic E-state index is 12.7. The highest BCUT2D eigenvalue weighted by atomic mass is 16.2. The molecule has 1 aromatic carbocycles. The Labute approximate surface area is 140 Å². The Kier molecular flexibility index (Phi) is 8.38. The van der Waals surface area contributed by atoms with E-state index in [0.717, 1.165) is 24.8 Å². The molecule has 0 spiro atoms. The molecule has 0 aliphatic rings. The fourth-order valence-electron chi connectivity index (χ4n) is 2.67. The van der Waals surface area contributed by atoms with Crippen LogP contribution in [0.4, 0.5) is 0 Å². The zero-order valence-corrected chi connectivity index (χ0v) is 14.6. The summed E-state index contributed by atoms with van der Waals surface area (Å²) in [5.41, 5.74) is 6.62. The number of benzene rings is 1. The first kappa shape index (κ1) is 19.2. The van der Waals surface area contributed by atoms with Gasteiger partial charge in [0.2, 0.25) is 11.8 Å². The third kappa shape index (κ3) is 6.85. The van der Waals surface area contributed by atoms with Gasteiger partial charge in [-0.3, -0.25) is 9.59 Å². The van der Waals surface area contributed by atoms with Crippen LogP contribution in [0.5, 0.6) is 0 Å². The smallest absolute Gasteiger partial charge is 0.240 e. The highest BCUT2D eigenvalue weighted by molar-refractivity contribution is 5.86. The molecule has 0 heterocycles. The first-order valence-electron chi connectivity index (χ1n) is 8.58. The normalized spacial score (nSPS) is 12.2. The molecule has 4 heteroatoms. The van der Waals surface area contributed by atoms with Gasteiger partial charge in [-0.25, -0.2) is 0 Å². The molecule has 0 saturated heterocycles. The summed E-state index contributed by atoms with van der Waals surface area (Å²) in [5.74, 6) is -0.0977. The van der Waals surface area contributed by atoms with Gasteiger partial charge in [-0.1, -0.05) is 63.9 Å². The summed E-state index contributed by atoms with van der Waals surface area (Å²) in [6, 6.07) is 9.23. The van der Waals surface area contributed by atoms with Crippen LogP contribution in [0.25, 0.3) is 0 Å². The van der Waals surface area contributed by atoms with E-state index < -0.39 is 11.9 Å². The number of carbonyl (C=O) groups is 2. The topological polar surface area (TPSA) is 63.4 Å². The van der Waals surface area contributed by atoms with Gasteiger partial charge in [-0.2, -0.15) is 0 Å². The Hall–Kier alpha value is -1.84. The van der Waals surface area contributed by atoms with E-state index in [1.807, 2.05) is 44.2 Å². The molecule has 0 saturated carbocycles. The van der Waals surface area contributed by atoms with Crippen LogP contribution >= 0.6 is 0 Å². The quantitative estimate of drug-likeness (QED) is 0.671. The Balaban J connectivity index is 2.93. The van der Waals surface area contributed by atoms with Gasteiger partial charge < -0.3 is 10.6 Å². The van der Waals surface area contributed by atoms with Crippen LogP contribution in [0.15, 0.2) is 30.3 Å². The number of hydrogen-bond donors (Lipinski definition) is 1. The van der Waals surface area contributed by atoms with E-state index in [9.17, 15) is 9.59 Å². The number of nitrogens with zero attached hydrogens (tertiary/aromatic N) is 1. The molecular formula is C19H30N2O2. The van der Waals surface area contributed by atoms with Gasteiger partial charge in [0.15, 0.2) is 0 Å². The van der Waals surface area contributed by atoms with Gasteiger partial charge in [0, 0.05) is 13.0 Å². The summed E-state index contributed by atoms with van der Waals surface area (Å²) >= 11 is 0. The van der Waals surface area contributed by atoms with Gasteiger partial charge in [0.05, 0.1) is 0 Å². The first-order valence-corrected chi connectivity index (χ1v) is 8.58. The second kappa shape index (κ2) is 10.0. The van der Waals surface area contributed by atoms with E-state index in [2.05, 4.69) is 6.92 Å². The fraction of sp³-hybridized carbons (Fsp3) is 0.579. The van der Waals surface area contributed by atoms with E-state index in [1.54, 1.807) is 4.90 Å². The number of carbonyl (C=O) groups excluding carboxylic acids is 2. The van der Waals surface area contributed by atoms with E-state index in [1.165, 1.54) is 0 Å². The first-order chi connectivity index (χ1) is 11.0. The molecule has 2 amide bonds. The lowest BCUT2D eigenvalue weighted by molar-refractivity contribution is -0.140. The molecule has 1 aromatic rings. The average Bonchev–Trinajstić information content (AvgIpc) is 2.51. The predicted molar refractivity (Wildman–Crippen MR) is 93.6 cm³/mol.